The van der Waals surface area contributed by atoms with Gasteiger partial charge in [-0.3, -0.25) is 0 Å². The van der Waals surface area contributed by atoms with Crippen LogP contribution in [0.15, 0.2) is 86.4 Å². The average molecular weight is 381 g/mol. The second-order valence-electron chi connectivity index (χ2n) is 7.16. The number of fused-ring (bicyclic) bond motifs is 2. The smallest absolute Gasteiger partial charge is 0.347 e. The minimum absolute atomic E-state index is 0.399. The van der Waals surface area contributed by atoms with Crippen molar-refractivity contribution in [2.24, 2.45) is 0 Å². The molecule has 142 valence electrons. The van der Waals surface area contributed by atoms with Gasteiger partial charge in [0.05, 0.1) is 5.56 Å². The van der Waals surface area contributed by atoms with Crippen molar-refractivity contribution in [2.75, 3.05) is 5.32 Å². The van der Waals surface area contributed by atoms with Crippen molar-refractivity contribution in [1.29, 1.82) is 0 Å². The SMILES string of the molecule is Cc1cc2oc(Nc3ccccc3C)c(-c3cccc4ccccc34)c2c(=O)o1. The molecule has 0 spiro atoms. The Labute approximate surface area is 167 Å². The van der Waals surface area contributed by atoms with Crippen LogP contribution in [0.3, 0.4) is 0 Å². The Morgan fingerprint density at radius 1 is 0.828 bits per heavy atom. The van der Waals surface area contributed by atoms with Gasteiger partial charge in [0.2, 0.25) is 5.88 Å². The summed E-state index contributed by atoms with van der Waals surface area (Å²) in [6.45, 7) is 3.77. The van der Waals surface area contributed by atoms with E-state index in [4.69, 9.17) is 8.83 Å². The van der Waals surface area contributed by atoms with E-state index in [1.165, 1.54) is 0 Å². The lowest BCUT2D eigenvalue weighted by molar-refractivity contribution is 0.485. The average Bonchev–Trinajstić information content (AvgIpc) is 3.07. The summed E-state index contributed by atoms with van der Waals surface area (Å²) in [7, 11) is 0. The summed E-state index contributed by atoms with van der Waals surface area (Å²) in [5, 5.41) is 5.98. The second kappa shape index (κ2) is 6.67. The van der Waals surface area contributed by atoms with Crippen LogP contribution in [0.4, 0.5) is 11.6 Å². The van der Waals surface area contributed by atoms with Crippen molar-refractivity contribution in [3.63, 3.8) is 0 Å². The number of rotatable bonds is 3. The second-order valence-corrected chi connectivity index (χ2v) is 7.16. The van der Waals surface area contributed by atoms with Crippen molar-refractivity contribution in [1.82, 2.24) is 0 Å². The molecule has 5 aromatic rings. The van der Waals surface area contributed by atoms with E-state index in [-0.39, 0.29) is 0 Å². The first-order valence-electron chi connectivity index (χ1n) is 9.50. The first kappa shape index (κ1) is 17.3. The molecule has 0 aliphatic heterocycles. The molecule has 0 aliphatic carbocycles. The number of aryl methyl sites for hydroxylation is 2. The first-order valence-corrected chi connectivity index (χ1v) is 9.50. The Morgan fingerprint density at radius 2 is 1.59 bits per heavy atom. The summed E-state index contributed by atoms with van der Waals surface area (Å²) in [6.07, 6.45) is 0. The fraction of sp³-hybridized carbons (Fsp3) is 0.0800. The molecule has 0 unspecified atom stereocenters. The lowest BCUT2D eigenvalue weighted by Gasteiger charge is -2.11. The Hall–Kier alpha value is -3.79. The molecule has 4 nitrogen and oxygen atoms in total. The minimum atomic E-state index is -0.399. The van der Waals surface area contributed by atoms with Gasteiger partial charge in [-0.1, -0.05) is 60.7 Å². The fourth-order valence-corrected chi connectivity index (χ4v) is 3.79. The van der Waals surface area contributed by atoms with Gasteiger partial charge in [0.15, 0.2) is 0 Å². The Kier molecular flexibility index (Phi) is 3.98. The highest BCUT2D eigenvalue weighted by atomic mass is 16.4. The highest BCUT2D eigenvalue weighted by Gasteiger charge is 2.22. The highest BCUT2D eigenvalue weighted by molar-refractivity contribution is 6.08. The maximum atomic E-state index is 12.8. The molecular formula is C25H19NO3. The van der Waals surface area contributed by atoms with Gasteiger partial charge in [-0.05, 0) is 41.8 Å². The minimum Gasteiger partial charge on any atom is -0.439 e. The summed E-state index contributed by atoms with van der Waals surface area (Å²) in [6, 6.07) is 23.9. The molecule has 0 bridgehead atoms. The van der Waals surface area contributed by atoms with Crippen molar-refractivity contribution < 1.29 is 8.83 Å². The van der Waals surface area contributed by atoms with Gasteiger partial charge in [0, 0.05) is 11.8 Å². The van der Waals surface area contributed by atoms with Gasteiger partial charge >= 0.3 is 5.63 Å². The maximum absolute atomic E-state index is 12.8. The van der Waals surface area contributed by atoms with E-state index in [1.807, 2.05) is 55.5 Å². The summed E-state index contributed by atoms with van der Waals surface area (Å²) >= 11 is 0. The van der Waals surface area contributed by atoms with Crippen LogP contribution in [0.5, 0.6) is 0 Å². The van der Waals surface area contributed by atoms with Crippen LogP contribution in [0, 0.1) is 13.8 Å². The molecule has 3 aromatic carbocycles. The number of hydrogen-bond acceptors (Lipinski definition) is 4. The van der Waals surface area contributed by atoms with Gasteiger partial charge in [0.25, 0.3) is 0 Å². The number of hydrogen-bond donors (Lipinski definition) is 1. The van der Waals surface area contributed by atoms with Crippen molar-refractivity contribution in [3.8, 4) is 11.1 Å². The van der Waals surface area contributed by atoms with Gasteiger partial charge in [0.1, 0.15) is 16.7 Å². The number of nitrogens with one attached hydrogen (secondary N) is 1. The third-order valence-corrected chi connectivity index (χ3v) is 5.18. The molecule has 0 saturated carbocycles. The van der Waals surface area contributed by atoms with Gasteiger partial charge in [-0.25, -0.2) is 4.79 Å². The normalized spacial score (nSPS) is 11.2. The van der Waals surface area contributed by atoms with Crippen molar-refractivity contribution in [3.05, 3.63) is 94.5 Å². The molecule has 0 atom stereocenters. The van der Waals surface area contributed by atoms with Gasteiger partial charge in [-0.2, -0.15) is 0 Å². The van der Waals surface area contributed by atoms with Crippen LogP contribution < -0.4 is 10.9 Å². The Morgan fingerprint density at radius 3 is 2.45 bits per heavy atom. The number of benzene rings is 3. The van der Waals surface area contributed by atoms with Crippen LogP contribution in [-0.4, -0.2) is 0 Å². The van der Waals surface area contributed by atoms with Crippen LogP contribution in [0.2, 0.25) is 0 Å². The van der Waals surface area contributed by atoms with Crippen LogP contribution >= 0.6 is 0 Å². The molecule has 0 fully saturated rings. The van der Waals surface area contributed by atoms with Gasteiger partial charge < -0.3 is 14.2 Å². The summed E-state index contributed by atoms with van der Waals surface area (Å²) in [5.41, 5.74) is 3.76. The first-order chi connectivity index (χ1) is 14.1. The molecule has 1 N–H and O–H groups in total. The Bertz CT molecular complexity index is 1420. The molecule has 0 radical (unpaired) electrons. The van der Waals surface area contributed by atoms with Gasteiger partial charge in [-0.15, -0.1) is 0 Å². The van der Waals surface area contributed by atoms with E-state index in [2.05, 4.69) is 23.5 Å². The fourth-order valence-electron chi connectivity index (χ4n) is 3.79. The standard InChI is InChI=1S/C25H19NO3/c1-15-8-3-6-13-20(15)26-24-22(23-21(29-24)14-16(2)28-25(23)27)19-12-7-10-17-9-4-5-11-18(17)19/h3-14,26H,1-2H3. The van der Waals surface area contributed by atoms with Crippen molar-refractivity contribution >= 4 is 33.3 Å². The molecule has 0 aliphatic rings. The van der Waals surface area contributed by atoms with Crippen molar-refractivity contribution in [2.45, 2.75) is 13.8 Å². The molecule has 5 rings (SSSR count). The zero-order chi connectivity index (χ0) is 20.0. The third kappa shape index (κ3) is 2.90. The zero-order valence-electron chi connectivity index (χ0n) is 16.2. The largest absolute Gasteiger partial charge is 0.439 e. The van der Waals surface area contributed by atoms with E-state index in [1.54, 1.807) is 13.0 Å². The number of para-hydroxylation sites is 1. The van der Waals surface area contributed by atoms with E-state index in [0.717, 1.165) is 27.6 Å². The Balaban J connectivity index is 1.85. The van der Waals surface area contributed by atoms with Crippen LogP contribution in [0.25, 0.3) is 32.9 Å². The van der Waals surface area contributed by atoms with Crippen LogP contribution in [0.1, 0.15) is 11.3 Å². The molecule has 2 aromatic heterocycles. The summed E-state index contributed by atoms with van der Waals surface area (Å²) in [4.78, 5) is 12.8. The summed E-state index contributed by atoms with van der Waals surface area (Å²) in [5.74, 6) is 1.05. The topological polar surface area (TPSA) is 55.4 Å². The van der Waals surface area contributed by atoms with Crippen LogP contribution in [-0.2, 0) is 0 Å². The predicted molar refractivity (Wildman–Crippen MR) is 117 cm³/mol. The monoisotopic (exact) mass is 381 g/mol. The quantitative estimate of drug-likeness (QED) is 0.384. The third-order valence-electron chi connectivity index (χ3n) is 5.18. The van der Waals surface area contributed by atoms with E-state index < -0.39 is 5.63 Å². The van der Waals surface area contributed by atoms with E-state index >= 15 is 0 Å². The molecule has 4 heteroatoms. The molecule has 0 saturated heterocycles. The predicted octanol–water partition coefficient (Wildman–Crippen LogP) is 6.57. The molecule has 29 heavy (non-hydrogen) atoms. The number of anilines is 2. The molecule has 2 heterocycles. The lowest BCUT2D eigenvalue weighted by atomic mass is 9.97. The maximum Gasteiger partial charge on any atom is 0.347 e. The zero-order valence-corrected chi connectivity index (χ0v) is 16.2. The highest BCUT2D eigenvalue weighted by Crippen LogP contribution is 2.41. The molecule has 0 amide bonds. The number of furan rings is 1. The lowest BCUT2D eigenvalue weighted by Crippen LogP contribution is -2.01. The molecular weight excluding hydrogens is 362 g/mol. The summed E-state index contributed by atoms with van der Waals surface area (Å²) < 4.78 is 11.6. The van der Waals surface area contributed by atoms with E-state index in [9.17, 15) is 4.79 Å². The van der Waals surface area contributed by atoms with E-state index in [0.29, 0.717) is 28.2 Å².